The lowest BCUT2D eigenvalue weighted by Crippen LogP contribution is -2.49. The predicted octanol–water partition coefficient (Wildman–Crippen LogP) is 2.74. The minimum Gasteiger partial charge on any atom is -0.447 e. The largest absolute Gasteiger partial charge is 0.447 e. The van der Waals surface area contributed by atoms with Crippen LogP contribution in [0.25, 0.3) is 0 Å². The molecular weight excluding hydrogens is 483 g/mol. The zero-order chi connectivity index (χ0) is 25.6. The molecule has 2 fully saturated rings. The highest BCUT2D eigenvalue weighted by Crippen LogP contribution is 2.39. The van der Waals surface area contributed by atoms with Crippen LogP contribution in [0.4, 0.5) is 45.8 Å². The molecule has 0 radical (unpaired) electrons. The Labute approximate surface area is 203 Å². The molecule has 2 N–H and O–H groups in total. The molecule has 3 aliphatic heterocycles. The van der Waals surface area contributed by atoms with Crippen molar-refractivity contribution >= 4 is 41.0 Å². The Balaban J connectivity index is 1.40. The van der Waals surface area contributed by atoms with E-state index in [1.165, 1.54) is 28.1 Å². The number of fused-ring (bicyclic) bond motifs is 4. The Bertz CT molecular complexity index is 1220. The molecule has 2 bridgehead atoms. The first kappa shape index (κ1) is 23.6. The van der Waals surface area contributed by atoms with Crippen molar-refractivity contribution < 1.29 is 32.3 Å². The zero-order valence-corrected chi connectivity index (χ0v) is 19.1. The number of alkyl halides is 3. The van der Waals surface area contributed by atoms with Crippen LogP contribution in [0.3, 0.4) is 0 Å². The van der Waals surface area contributed by atoms with Crippen molar-refractivity contribution in [3.63, 3.8) is 0 Å². The summed E-state index contributed by atoms with van der Waals surface area (Å²) in [5.74, 6) is -0.636. The molecule has 11 nitrogen and oxygen atoms in total. The third-order valence-electron chi connectivity index (χ3n) is 6.29. The molecule has 5 rings (SSSR count). The number of nitrogens with one attached hydrogen (secondary N) is 2. The van der Waals surface area contributed by atoms with E-state index < -0.39 is 30.2 Å². The van der Waals surface area contributed by atoms with Crippen LogP contribution in [0.5, 0.6) is 0 Å². The second-order valence-electron chi connectivity index (χ2n) is 8.63. The standard InChI is InChI=1S/C22H22F3N7O4/c1-12(22(23,24)25)27-19(33)15-2-3-16-18(28-15)32(14-5-7-30(16)11-14)20(34)29-17-10-13(4-6-26-17)31-8-9-36-21(31)35/h2-4,6,10,12,14H,5,7-9,11H2,1H3,(H,27,33)(H,26,29,34)/t12-,14+/m1/s1. The van der Waals surface area contributed by atoms with E-state index in [1.54, 1.807) is 12.1 Å². The number of nitrogens with zero attached hydrogens (tertiary/aromatic N) is 5. The number of carbonyl (C=O) groups excluding carboxylic acids is 3. The maximum absolute atomic E-state index is 13.4. The molecule has 2 saturated heterocycles. The molecule has 3 aliphatic rings. The lowest BCUT2D eigenvalue weighted by Gasteiger charge is -2.35. The third kappa shape index (κ3) is 4.33. The molecule has 4 amide bonds. The average molecular weight is 505 g/mol. The summed E-state index contributed by atoms with van der Waals surface area (Å²) in [7, 11) is 0. The molecular formula is C22H22F3N7O4. The fourth-order valence-electron chi connectivity index (χ4n) is 4.40. The zero-order valence-electron chi connectivity index (χ0n) is 19.1. The molecule has 5 heterocycles. The number of anilines is 4. The van der Waals surface area contributed by atoms with Crippen molar-refractivity contribution in [2.24, 2.45) is 0 Å². The molecule has 0 spiro atoms. The quantitative estimate of drug-likeness (QED) is 0.656. The van der Waals surface area contributed by atoms with Gasteiger partial charge in [0.05, 0.1) is 24.0 Å². The van der Waals surface area contributed by atoms with E-state index in [1.807, 2.05) is 10.2 Å². The fourth-order valence-corrected chi connectivity index (χ4v) is 4.40. The van der Waals surface area contributed by atoms with Crippen LogP contribution in [-0.4, -0.2) is 72.5 Å². The Morgan fingerprint density at radius 1 is 1.22 bits per heavy atom. The molecule has 36 heavy (non-hydrogen) atoms. The molecule has 0 aromatic carbocycles. The van der Waals surface area contributed by atoms with Crippen LogP contribution in [0.1, 0.15) is 23.8 Å². The summed E-state index contributed by atoms with van der Waals surface area (Å²) in [4.78, 5) is 51.0. The van der Waals surface area contributed by atoms with Crippen molar-refractivity contribution in [2.75, 3.05) is 46.3 Å². The number of rotatable bonds is 4. The Hall–Kier alpha value is -4.10. The van der Waals surface area contributed by atoms with Gasteiger partial charge in [0, 0.05) is 25.4 Å². The maximum Gasteiger partial charge on any atom is 0.414 e. The molecule has 0 saturated carbocycles. The summed E-state index contributed by atoms with van der Waals surface area (Å²) in [6, 6.07) is 3.18. The lowest BCUT2D eigenvalue weighted by atomic mass is 10.1. The lowest BCUT2D eigenvalue weighted by molar-refractivity contribution is -0.149. The summed E-state index contributed by atoms with van der Waals surface area (Å²) in [5, 5.41) is 4.59. The number of pyridine rings is 2. The SMILES string of the molecule is C[C@@H](NC(=O)c1ccc2c(n1)N(C(=O)Nc1cc(N3CCOC3=O)ccn1)[C@H]1CCN2C1)C(F)(F)F. The van der Waals surface area contributed by atoms with E-state index in [4.69, 9.17) is 4.74 Å². The van der Waals surface area contributed by atoms with Crippen molar-refractivity contribution in [3.8, 4) is 0 Å². The minimum absolute atomic E-state index is 0.174. The summed E-state index contributed by atoms with van der Waals surface area (Å²) in [6.07, 6.45) is -3.01. The minimum atomic E-state index is -4.60. The van der Waals surface area contributed by atoms with Crippen molar-refractivity contribution in [1.29, 1.82) is 0 Å². The van der Waals surface area contributed by atoms with Crippen molar-refractivity contribution in [3.05, 3.63) is 36.2 Å². The average Bonchev–Trinajstić information content (AvgIpc) is 3.45. The number of urea groups is 1. The number of ether oxygens (including phenoxy) is 1. The molecule has 14 heteroatoms. The predicted molar refractivity (Wildman–Crippen MR) is 122 cm³/mol. The molecule has 2 atom stereocenters. The van der Waals surface area contributed by atoms with Crippen LogP contribution in [0, 0.1) is 0 Å². The number of amides is 4. The van der Waals surface area contributed by atoms with Gasteiger partial charge in [-0.1, -0.05) is 0 Å². The number of hydrogen-bond donors (Lipinski definition) is 2. The second kappa shape index (κ2) is 8.84. The smallest absolute Gasteiger partial charge is 0.414 e. The number of carbonyl (C=O) groups is 3. The van der Waals surface area contributed by atoms with Crippen LogP contribution >= 0.6 is 0 Å². The normalized spacial score (nSPS) is 19.6. The fraction of sp³-hybridized carbons (Fsp3) is 0.409. The summed E-state index contributed by atoms with van der Waals surface area (Å²) in [6.45, 7) is 2.67. The van der Waals surface area contributed by atoms with Crippen molar-refractivity contribution in [1.82, 2.24) is 15.3 Å². The highest BCUT2D eigenvalue weighted by Gasteiger charge is 2.41. The van der Waals surface area contributed by atoms with Gasteiger partial charge in [-0.05, 0) is 31.5 Å². The molecule has 190 valence electrons. The molecule has 2 aromatic rings. The molecule has 2 aromatic heterocycles. The van der Waals surface area contributed by atoms with Gasteiger partial charge in [0.25, 0.3) is 5.91 Å². The summed E-state index contributed by atoms with van der Waals surface area (Å²) in [5.41, 5.74) is 0.864. The number of cyclic esters (lactones) is 1. The van der Waals surface area contributed by atoms with E-state index in [9.17, 15) is 27.6 Å². The van der Waals surface area contributed by atoms with Crippen LogP contribution in [0.15, 0.2) is 30.5 Å². The van der Waals surface area contributed by atoms with Gasteiger partial charge in [-0.2, -0.15) is 13.2 Å². The Morgan fingerprint density at radius 2 is 2.03 bits per heavy atom. The van der Waals surface area contributed by atoms with E-state index in [2.05, 4.69) is 15.3 Å². The van der Waals surface area contributed by atoms with E-state index >= 15 is 0 Å². The maximum atomic E-state index is 13.4. The highest BCUT2D eigenvalue weighted by molar-refractivity contribution is 6.05. The monoisotopic (exact) mass is 505 g/mol. The summed E-state index contributed by atoms with van der Waals surface area (Å²) >= 11 is 0. The summed E-state index contributed by atoms with van der Waals surface area (Å²) < 4.78 is 43.6. The van der Waals surface area contributed by atoms with E-state index in [0.29, 0.717) is 37.4 Å². The van der Waals surface area contributed by atoms with Gasteiger partial charge < -0.3 is 15.0 Å². The van der Waals surface area contributed by atoms with Gasteiger partial charge in [-0.3, -0.25) is 19.9 Å². The van der Waals surface area contributed by atoms with E-state index in [0.717, 1.165) is 6.92 Å². The van der Waals surface area contributed by atoms with E-state index in [-0.39, 0.29) is 30.0 Å². The molecule has 0 unspecified atom stereocenters. The number of halogens is 3. The van der Waals surface area contributed by atoms with Crippen LogP contribution in [0.2, 0.25) is 0 Å². The van der Waals surface area contributed by atoms with Crippen LogP contribution in [-0.2, 0) is 4.74 Å². The molecule has 0 aliphatic carbocycles. The van der Waals surface area contributed by atoms with Gasteiger partial charge in [-0.25, -0.2) is 19.6 Å². The number of hydrogen-bond acceptors (Lipinski definition) is 7. The van der Waals surface area contributed by atoms with Gasteiger partial charge >= 0.3 is 18.3 Å². The topological polar surface area (TPSA) is 120 Å². The van der Waals surface area contributed by atoms with Gasteiger partial charge in [0.1, 0.15) is 24.2 Å². The highest BCUT2D eigenvalue weighted by atomic mass is 19.4. The first-order valence-electron chi connectivity index (χ1n) is 11.3. The Morgan fingerprint density at radius 3 is 2.75 bits per heavy atom. The van der Waals surface area contributed by atoms with Gasteiger partial charge in [-0.15, -0.1) is 0 Å². The van der Waals surface area contributed by atoms with Crippen molar-refractivity contribution in [2.45, 2.75) is 31.6 Å². The van der Waals surface area contributed by atoms with Gasteiger partial charge in [0.2, 0.25) is 0 Å². The van der Waals surface area contributed by atoms with Crippen LogP contribution < -0.4 is 25.3 Å². The number of aromatic nitrogens is 2. The first-order chi connectivity index (χ1) is 17.1. The first-order valence-corrected chi connectivity index (χ1v) is 11.3. The Kier molecular flexibility index (Phi) is 5.80. The van der Waals surface area contributed by atoms with Gasteiger partial charge in [0.15, 0.2) is 5.82 Å². The second-order valence-corrected chi connectivity index (χ2v) is 8.63. The third-order valence-corrected chi connectivity index (χ3v) is 6.29.